The molecule has 2 heterocycles. The molecule has 0 spiro atoms. The first-order valence-corrected chi connectivity index (χ1v) is 7.83. The Morgan fingerprint density at radius 1 is 1.32 bits per heavy atom. The molecule has 2 amide bonds. The van der Waals surface area contributed by atoms with E-state index >= 15 is 0 Å². The molecule has 0 unspecified atom stereocenters. The fraction of sp³-hybridized carbons (Fsp3) is 0.562. The Morgan fingerprint density at radius 2 is 2.09 bits per heavy atom. The highest BCUT2D eigenvalue weighted by atomic mass is 16.3. The van der Waals surface area contributed by atoms with Crippen molar-refractivity contribution in [2.24, 2.45) is 0 Å². The lowest BCUT2D eigenvalue weighted by Crippen LogP contribution is -2.55. The Hall–Kier alpha value is -1.95. The Labute approximate surface area is 129 Å². The first-order valence-electron chi connectivity index (χ1n) is 7.83. The predicted molar refractivity (Wildman–Crippen MR) is 80.0 cm³/mol. The summed E-state index contributed by atoms with van der Waals surface area (Å²) in [5, 5.41) is 9.14. The van der Waals surface area contributed by atoms with E-state index in [-0.39, 0.29) is 30.7 Å². The van der Waals surface area contributed by atoms with Crippen LogP contribution in [-0.2, 0) is 11.4 Å². The van der Waals surface area contributed by atoms with E-state index < -0.39 is 0 Å². The minimum absolute atomic E-state index is 0.0322. The van der Waals surface area contributed by atoms with Crippen molar-refractivity contribution in [3.8, 4) is 0 Å². The zero-order valence-electron chi connectivity index (χ0n) is 12.6. The number of carbonyl (C=O) groups excluding carboxylic acids is 2. The van der Waals surface area contributed by atoms with Gasteiger partial charge in [0.1, 0.15) is 12.2 Å². The molecule has 3 rings (SSSR count). The van der Waals surface area contributed by atoms with Crippen LogP contribution in [0.3, 0.4) is 0 Å². The number of pyridine rings is 1. The van der Waals surface area contributed by atoms with Crippen LogP contribution < -0.4 is 0 Å². The molecule has 1 saturated carbocycles. The molecule has 1 aliphatic carbocycles. The molecular formula is C16H21N3O3. The van der Waals surface area contributed by atoms with Gasteiger partial charge in [0.05, 0.1) is 6.61 Å². The summed E-state index contributed by atoms with van der Waals surface area (Å²) in [5.41, 5.74) is 0.933. The predicted octanol–water partition coefficient (Wildman–Crippen LogP) is 0.801. The van der Waals surface area contributed by atoms with Crippen LogP contribution >= 0.6 is 0 Å². The summed E-state index contributed by atoms with van der Waals surface area (Å²) in [6, 6.07) is 3.61. The molecule has 1 saturated heterocycles. The van der Waals surface area contributed by atoms with Crippen LogP contribution in [0, 0.1) is 0 Å². The van der Waals surface area contributed by atoms with Gasteiger partial charge in [0.25, 0.3) is 5.91 Å². The average Bonchev–Trinajstić information content (AvgIpc) is 3.08. The number of amides is 2. The average molecular weight is 303 g/mol. The van der Waals surface area contributed by atoms with E-state index in [4.69, 9.17) is 5.11 Å². The first kappa shape index (κ1) is 15.0. The minimum atomic E-state index is -0.241. The van der Waals surface area contributed by atoms with Crippen LogP contribution in [0.1, 0.15) is 41.7 Å². The second-order valence-electron chi connectivity index (χ2n) is 5.96. The summed E-state index contributed by atoms with van der Waals surface area (Å²) in [6.45, 7) is 1.15. The van der Waals surface area contributed by atoms with Crippen molar-refractivity contribution >= 4 is 11.8 Å². The van der Waals surface area contributed by atoms with Crippen molar-refractivity contribution in [2.45, 2.75) is 38.3 Å². The lowest BCUT2D eigenvalue weighted by molar-refractivity contribution is -0.137. The number of rotatable bonds is 3. The van der Waals surface area contributed by atoms with Crippen LogP contribution in [0.5, 0.6) is 0 Å². The van der Waals surface area contributed by atoms with Gasteiger partial charge < -0.3 is 14.9 Å². The maximum atomic E-state index is 12.5. The van der Waals surface area contributed by atoms with Gasteiger partial charge in [-0.3, -0.25) is 14.6 Å². The summed E-state index contributed by atoms with van der Waals surface area (Å²) in [7, 11) is 0. The van der Waals surface area contributed by atoms with Crippen LogP contribution in [0.25, 0.3) is 0 Å². The molecule has 118 valence electrons. The fourth-order valence-electron chi connectivity index (χ4n) is 3.31. The number of hydrogen-bond donors (Lipinski definition) is 1. The van der Waals surface area contributed by atoms with Crippen molar-refractivity contribution in [1.29, 1.82) is 0 Å². The molecular weight excluding hydrogens is 282 g/mol. The number of nitrogens with zero attached hydrogens (tertiary/aromatic N) is 3. The Bertz CT molecular complexity index is 570. The smallest absolute Gasteiger partial charge is 0.272 e. The van der Waals surface area contributed by atoms with Crippen molar-refractivity contribution in [3.05, 3.63) is 29.6 Å². The largest absolute Gasteiger partial charge is 0.392 e. The molecule has 0 bridgehead atoms. The van der Waals surface area contributed by atoms with Gasteiger partial charge in [-0.2, -0.15) is 0 Å². The molecule has 1 N–H and O–H groups in total. The lowest BCUT2D eigenvalue weighted by atomic mass is 10.1. The highest BCUT2D eigenvalue weighted by molar-refractivity contribution is 5.95. The van der Waals surface area contributed by atoms with Crippen LogP contribution in [0.15, 0.2) is 18.3 Å². The zero-order chi connectivity index (χ0) is 15.5. The molecule has 2 aliphatic rings. The van der Waals surface area contributed by atoms with Gasteiger partial charge in [0.2, 0.25) is 5.91 Å². The van der Waals surface area contributed by atoms with E-state index in [1.165, 1.54) is 19.0 Å². The number of aliphatic hydroxyl groups is 1. The third kappa shape index (κ3) is 2.97. The van der Waals surface area contributed by atoms with E-state index in [0.717, 1.165) is 12.8 Å². The third-order valence-electron chi connectivity index (χ3n) is 4.54. The number of aliphatic hydroxyl groups excluding tert-OH is 1. The number of carbonyl (C=O) groups is 2. The van der Waals surface area contributed by atoms with Gasteiger partial charge in [-0.25, -0.2) is 0 Å². The first-order chi connectivity index (χ1) is 10.7. The van der Waals surface area contributed by atoms with Gasteiger partial charge in [-0.15, -0.1) is 0 Å². The van der Waals surface area contributed by atoms with Crippen LogP contribution in [-0.4, -0.2) is 57.4 Å². The standard InChI is InChI=1S/C16H21N3O3/c20-11-12-5-6-17-14(9-12)16(22)18-7-8-19(15(21)10-18)13-3-1-2-4-13/h5-6,9,13,20H,1-4,7-8,10-11H2. The second kappa shape index (κ2) is 6.44. The monoisotopic (exact) mass is 303 g/mol. The Balaban J connectivity index is 1.66. The van der Waals surface area contributed by atoms with Crippen LogP contribution in [0.2, 0.25) is 0 Å². The summed E-state index contributed by atoms with van der Waals surface area (Å²) < 4.78 is 0. The summed E-state index contributed by atoms with van der Waals surface area (Å²) >= 11 is 0. The number of hydrogen-bond acceptors (Lipinski definition) is 4. The summed E-state index contributed by atoms with van der Waals surface area (Å²) in [4.78, 5) is 32.3. The van der Waals surface area contributed by atoms with Gasteiger partial charge in [0, 0.05) is 25.3 Å². The van der Waals surface area contributed by atoms with Gasteiger partial charge in [-0.05, 0) is 30.5 Å². The minimum Gasteiger partial charge on any atom is -0.392 e. The normalized spacial score (nSPS) is 19.8. The number of aromatic nitrogens is 1. The molecule has 6 nitrogen and oxygen atoms in total. The van der Waals surface area contributed by atoms with E-state index in [1.807, 2.05) is 4.90 Å². The molecule has 0 atom stereocenters. The maximum absolute atomic E-state index is 12.5. The highest BCUT2D eigenvalue weighted by Gasteiger charge is 2.33. The lowest BCUT2D eigenvalue weighted by Gasteiger charge is -2.37. The van der Waals surface area contributed by atoms with Crippen molar-refractivity contribution < 1.29 is 14.7 Å². The molecule has 0 aromatic carbocycles. The van der Waals surface area contributed by atoms with E-state index in [1.54, 1.807) is 17.0 Å². The quantitative estimate of drug-likeness (QED) is 0.896. The van der Waals surface area contributed by atoms with Crippen molar-refractivity contribution in [1.82, 2.24) is 14.8 Å². The molecule has 22 heavy (non-hydrogen) atoms. The fourth-order valence-corrected chi connectivity index (χ4v) is 3.31. The molecule has 0 radical (unpaired) electrons. The molecule has 2 fully saturated rings. The Morgan fingerprint density at radius 3 is 2.77 bits per heavy atom. The highest BCUT2D eigenvalue weighted by Crippen LogP contribution is 2.25. The third-order valence-corrected chi connectivity index (χ3v) is 4.54. The van der Waals surface area contributed by atoms with Gasteiger partial charge in [0.15, 0.2) is 0 Å². The summed E-state index contributed by atoms with van der Waals surface area (Å²) in [6.07, 6.45) is 6.05. The van der Waals surface area contributed by atoms with E-state index in [0.29, 0.717) is 24.7 Å². The molecule has 1 aromatic heterocycles. The second-order valence-corrected chi connectivity index (χ2v) is 5.96. The van der Waals surface area contributed by atoms with Gasteiger partial charge in [-0.1, -0.05) is 12.8 Å². The van der Waals surface area contributed by atoms with Crippen molar-refractivity contribution in [3.63, 3.8) is 0 Å². The Kier molecular flexibility index (Phi) is 4.38. The maximum Gasteiger partial charge on any atom is 0.272 e. The van der Waals surface area contributed by atoms with E-state index in [9.17, 15) is 9.59 Å². The van der Waals surface area contributed by atoms with Gasteiger partial charge >= 0.3 is 0 Å². The van der Waals surface area contributed by atoms with Crippen molar-refractivity contribution in [2.75, 3.05) is 19.6 Å². The van der Waals surface area contributed by atoms with E-state index in [2.05, 4.69) is 4.98 Å². The molecule has 6 heteroatoms. The van der Waals surface area contributed by atoms with Crippen LogP contribution in [0.4, 0.5) is 0 Å². The SMILES string of the molecule is O=C(c1cc(CO)ccn1)N1CCN(C2CCCC2)C(=O)C1. The summed E-state index contributed by atoms with van der Waals surface area (Å²) in [5.74, 6) is -0.209. The topological polar surface area (TPSA) is 73.7 Å². The number of piperazine rings is 1. The molecule has 1 aromatic rings. The molecule has 1 aliphatic heterocycles. The zero-order valence-corrected chi connectivity index (χ0v) is 12.6.